The van der Waals surface area contributed by atoms with Crippen molar-refractivity contribution in [2.45, 2.75) is 29.9 Å². The first kappa shape index (κ1) is 21.6. The fraction of sp³-hybridized carbons (Fsp3) is 0.300. The van der Waals surface area contributed by atoms with Crippen molar-refractivity contribution in [3.05, 3.63) is 54.5 Å². The van der Waals surface area contributed by atoms with Gasteiger partial charge in [-0.25, -0.2) is 4.98 Å². The summed E-state index contributed by atoms with van der Waals surface area (Å²) >= 11 is 2.00. The summed E-state index contributed by atoms with van der Waals surface area (Å²) in [5.74, 6) is -1.49. The Morgan fingerprint density at radius 3 is 2.77 bits per heavy atom. The maximum Gasteiger partial charge on any atom is 0.291 e. The van der Waals surface area contributed by atoms with Crippen LogP contribution in [0.15, 0.2) is 53.8 Å². The highest BCUT2D eigenvalue weighted by molar-refractivity contribution is 7.99. The van der Waals surface area contributed by atoms with Crippen LogP contribution in [-0.4, -0.2) is 47.8 Å². The third-order valence-electron chi connectivity index (χ3n) is 4.71. The Morgan fingerprint density at radius 1 is 1.16 bits per heavy atom. The van der Waals surface area contributed by atoms with Gasteiger partial charge in [0.1, 0.15) is 6.54 Å². The summed E-state index contributed by atoms with van der Waals surface area (Å²) in [4.78, 5) is 17.2. The van der Waals surface area contributed by atoms with E-state index in [-0.39, 0.29) is 23.7 Å². The minimum Gasteiger partial charge on any atom is -0.344 e. The van der Waals surface area contributed by atoms with Gasteiger partial charge in [-0.3, -0.25) is 9.20 Å². The van der Waals surface area contributed by atoms with Crippen LogP contribution >= 0.6 is 23.5 Å². The van der Waals surface area contributed by atoms with Gasteiger partial charge in [0.25, 0.3) is 5.76 Å². The van der Waals surface area contributed by atoms with Gasteiger partial charge in [0, 0.05) is 6.20 Å². The number of aromatic nitrogens is 5. The summed E-state index contributed by atoms with van der Waals surface area (Å²) in [5, 5.41) is 11.6. The van der Waals surface area contributed by atoms with Gasteiger partial charge in [-0.2, -0.15) is 20.5 Å². The Hall–Kier alpha value is -2.66. The minimum absolute atomic E-state index is 0.111. The predicted molar refractivity (Wildman–Crippen MR) is 118 cm³/mol. The number of hydrogen-bond donors (Lipinski definition) is 1. The molecule has 1 N–H and O–H groups in total. The van der Waals surface area contributed by atoms with Crippen molar-refractivity contribution in [3.8, 4) is 0 Å². The lowest BCUT2D eigenvalue weighted by atomic mass is 10.2. The number of carbonyl (C=O) groups excluding carboxylic acids is 1. The number of para-hydroxylation sites is 2. The highest BCUT2D eigenvalue weighted by Crippen LogP contribution is 2.28. The fourth-order valence-electron chi connectivity index (χ4n) is 3.36. The molecule has 7 nitrogen and oxygen atoms in total. The van der Waals surface area contributed by atoms with Crippen LogP contribution in [0.3, 0.4) is 0 Å². The fourth-order valence-corrected chi connectivity index (χ4v) is 4.43. The van der Waals surface area contributed by atoms with Crippen LogP contribution in [0, 0.1) is 0 Å². The van der Waals surface area contributed by atoms with Gasteiger partial charge in [-0.05, 0) is 54.5 Å². The molecule has 0 spiro atoms. The van der Waals surface area contributed by atoms with Crippen molar-refractivity contribution >= 4 is 46.1 Å². The van der Waals surface area contributed by atoms with Crippen LogP contribution in [0.25, 0.3) is 16.7 Å². The van der Waals surface area contributed by atoms with E-state index < -0.39 is 5.76 Å². The number of amides is 1. The number of thioether (sulfide) groups is 2. The van der Waals surface area contributed by atoms with Crippen LogP contribution in [0.4, 0.5) is 8.78 Å². The Bertz CT molecular complexity index is 1190. The highest BCUT2D eigenvalue weighted by Gasteiger charge is 2.22. The third-order valence-corrected chi connectivity index (χ3v) is 6.06. The number of pyridine rings is 1. The molecule has 0 bridgehead atoms. The molecule has 3 heterocycles. The normalized spacial score (nSPS) is 12.6. The Morgan fingerprint density at radius 2 is 1.97 bits per heavy atom. The Kier molecular flexibility index (Phi) is 6.71. The molecule has 1 unspecified atom stereocenters. The standard InChI is InChI=1S/C20H20F2N6OS2/c1-30-11-9-14(18-26-25-16-8-4-5-10-27(16)18)23-17(29)12-28-15-7-3-2-6-13(15)24-20(28)31-19(21)22/h2-8,10,14,19H,9,11-12H2,1H3,(H,23,29). The zero-order valence-electron chi connectivity index (χ0n) is 16.6. The van der Waals surface area contributed by atoms with Gasteiger partial charge in [-0.15, -0.1) is 10.2 Å². The van der Waals surface area contributed by atoms with E-state index in [2.05, 4.69) is 20.5 Å². The first-order valence-corrected chi connectivity index (χ1v) is 11.8. The zero-order valence-corrected chi connectivity index (χ0v) is 18.2. The molecule has 0 aliphatic rings. The summed E-state index contributed by atoms with van der Waals surface area (Å²) < 4.78 is 29.4. The molecule has 0 saturated carbocycles. The molecule has 1 aromatic carbocycles. The van der Waals surface area contributed by atoms with E-state index in [0.717, 1.165) is 5.75 Å². The van der Waals surface area contributed by atoms with Crippen LogP contribution in [0.5, 0.6) is 0 Å². The Labute approximate surface area is 185 Å². The summed E-state index contributed by atoms with van der Waals surface area (Å²) in [6, 6.07) is 12.3. The van der Waals surface area contributed by atoms with Gasteiger partial charge >= 0.3 is 0 Å². The molecule has 3 aromatic heterocycles. The topological polar surface area (TPSA) is 77.1 Å². The second-order valence-electron chi connectivity index (χ2n) is 6.74. The minimum atomic E-state index is -2.63. The number of rotatable bonds is 9. The third kappa shape index (κ3) is 4.82. The van der Waals surface area contributed by atoms with Crippen molar-refractivity contribution in [1.29, 1.82) is 0 Å². The van der Waals surface area contributed by atoms with Crippen molar-refractivity contribution in [3.63, 3.8) is 0 Å². The number of nitrogens with one attached hydrogen (secondary N) is 1. The van der Waals surface area contributed by atoms with E-state index >= 15 is 0 Å². The molecule has 0 fully saturated rings. The van der Waals surface area contributed by atoms with Crippen molar-refractivity contribution in [2.24, 2.45) is 0 Å². The molecule has 11 heteroatoms. The smallest absolute Gasteiger partial charge is 0.291 e. The molecule has 4 aromatic rings. The lowest BCUT2D eigenvalue weighted by Gasteiger charge is -2.18. The van der Waals surface area contributed by atoms with Crippen LogP contribution in [-0.2, 0) is 11.3 Å². The SMILES string of the molecule is CSCCC(NC(=O)Cn1c(SC(F)F)nc2ccccc21)c1nnc2ccccn12. The van der Waals surface area contributed by atoms with Gasteiger partial charge in [0.05, 0.1) is 17.1 Å². The molecule has 4 rings (SSSR count). The van der Waals surface area contributed by atoms with E-state index in [9.17, 15) is 13.6 Å². The lowest BCUT2D eigenvalue weighted by molar-refractivity contribution is -0.122. The number of carbonyl (C=O) groups is 1. The summed E-state index contributed by atoms with van der Waals surface area (Å²) in [5.41, 5.74) is 1.90. The van der Waals surface area contributed by atoms with E-state index in [1.54, 1.807) is 36.0 Å². The number of fused-ring (bicyclic) bond motifs is 2. The van der Waals surface area contributed by atoms with Crippen LogP contribution in [0.1, 0.15) is 18.3 Å². The van der Waals surface area contributed by atoms with Crippen molar-refractivity contribution < 1.29 is 13.6 Å². The van der Waals surface area contributed by atoms with Crippen LogP contribution in [0.2, 0.25) is 0 Å². The quantitative estimate of drug-likeness (QED) is 0.379. The van der Waals surface area contributed by atoms with Crippen molar-refractivity contribution in [2.75, 3.05) is 12.0 Å². The average Bonchev–Trinajstić information content (AvgIpc) is 3.32. The molecule has 0 aliphatic carbocycles. The molecule has 0 saturated heterocycles. The van der Waals surface area contributed by atoms with E-state index in [1.165, 1.54) is 4.57 Å². The summed E-state index contributed by atoms with van der Waals surface area (Å²) in [7, 11) is 0. The second-order valence-corrected chi connectivity index (χ2v) is 8.68. The maximum absolute atomic E-state index is 13.0. The zero-order chi connectivity index (χ0) is 21.8. The van der Waals surface area contributed by atoms with Crippen molar-refractivity contribution in [1.82, 2.24) is 29.5 Å². The number of halogens is 2. The molecule has 0 radical (unpaired) electrons. The summed E-state index contributed by atoms with van der Waals surface area (Å²) in [6.07, 6.45) is 4.50. The molecular formula is C20H20F2N6OS2. The summed E-state index contributed by atoms with van der Waals surface area (Å²) in [6.45, 7) is -0.123. The molecule has 162 valence electrons. The maximum atomic E-state index is 13.0. The number of benzene rings is 1. The van der Waals surface area contributed by atoms with Gasteiger partial charge < -0.3 is 9.88 Å². The van der Waals surface area contributed by atoms with E-state index in [4.69, 9.17) is 0 Å². The number of alkyl halides is 2. The van der Waals surface area contributed by atoms with E-state index in [1.807, 2.05) is 35.1 Å². The Balaban J connectivity index is 1.60. The first-order chi connectivity index (χ1) is 15.1. The van der Waals surface area contributed by atoms with Crippen LogP contribution < -0.4 is 5.32 Å². The molecular weight excluding hydrogens is 442 g/mol. The lowest BCUT2D eigenvalue weighted by Crippen LogP contribution is -2.33. The predicted octanol–water partition coefficient (Wildman–Crippen LogP) is 4.00. The van der Waals surface area contributed by atoms with Gasteiger partial charge in [0.2, 0.25) is 5.91 Å². The molecule has 0 aliphatic heterocycles. The van der Waals surface area contributed by atoms with Gasteiger partial charge in [0.15, 0.2) is 16.6 Å². The molecule has 31 heavy (non-hydrogen) atoms. The average molecular weight is 463 g/mol. The van der Waals surface area contributed by atoms with Gasteiger partial charge in [-0.1, -0.05) is 18.2 Å². The molecule has 1 amide bonds. The monoisotopic (exact) mass is 462 g/mol. The second kappa shape index (κ2) is 9.65. The number of imidazole rings is 1. The molecule has 1 atom stereocenters. The highest BCUT2D eigenvalue weighted by atomic mass is 32.2. The first-order valence-electron chi connectivity index (χ1n) is 9.55. The van der Waals surface area contributed by atoms with E-state index in [0.29, 0.717) is 40.7 Å². The number of nitrogens with zero attached hydrogens (tertiary/aromatic N) is 5. The number of hydrogen-bond acceptors (Lipinski definition) is 6. The largest absolute Gasteiger partial charge is 0.344 e.